The summed E-state index contributed by atoms with van der Waals surface area (Å²) in [4.78, 5) is 16.7. The second-order valence-electron chi connectivity index (χ2n) is 5.56. The summed E-state index contributed by atoms with van der Waals surface area (Å²) in [6.07, 6.45) is 1.52. The largest absolute Gasteiger partial charge is 0.472 e. The zero-order valence-corrected chi connectivity index (χ0v) is 14.9. The molecule has 0 bridgehead atoms. The molecule has 0 saturated carbocycles. The van der Waals surface area contributed by atoms with Gasteiger partial charge in [-0.05, 0) is 34.0 Å². The van der Waals surface area contributed by atoms with Crippen LogP contribution in [0.3, 0.4) is 0 Å². The van der Waals surface area contributed by atoms with Crippen LogP contribution >= 0.6 is 15.9 Å². The molecule has 24 heavy (non-hydrogen) atoms. The van der Waals surface area contributed by atoms with Gasteiger partial charge in [-0.15, -0.1) is 0 Å². The maximum atomic E-state index is 12.5. The first-order valence-corrected chi connectivity index (χ1v) is 8.40. The van der Waals surface area contributed by atoms with Crippen molar-refractivity contribution < 1.29 is 4.74 Å². The van der Waals surface area contributed by atoms with Crippen LogP contribution in [-0.2, 0) is 13.2 Å². The van der Waals surface area contributed by atoms with E-state index in [1.54, 1.807) is 4.57 Å². The van der Waals surface area contributed by atoms with Gasteiger partial charge in [0, 0.05) is 0 Å². The second kappa shape index (κ2) is 7.45. The zero-order valence-electron chi connectivity index (χ0n) is 13.3. The van der Waals surface area contributed by atoms with Gasteiger partial charge in [0.1, 0.15) is 17.4 Å². The number of aromatic nitrogens is 2. The lowest BCUT2D eigenvalue weighted by Crippen LogP contribution is -2.22. The highest BCUT2D eigenvalue weighted by Gasteiger charge is 2.11. The van der Waals surface area contributed by atoms with Crippen molar-refractivity contribution in [1.82, 2.24) is 9.55 Å². The Labute approximate surface area is 148 Å². The van der Waals surface area contributed by atoms with Crippen LogP contribution in [0, 0.1) is 6.92 Å². The summed E-state index contributed by atoms with van der Waals surface area (Å²) >= 11 is 3.31. The van der Waals surface area contributed by atoms with E-state index in [2.05, 4.69) is 20.9 Å². The molecule has 0 atom stereocenters. The standard InChI is InChI=1S/C19H17BrN2O2/c1-14-7-9-15(10-8-14)11-22-13-21-18(17(20)19(22)23)24-12-16-5-3-2-4-6-16/h2-10,13H,11-12H2,1H3. The lowest BCUT2D eigenvalue weighted by atomic mass is 10.1. The molecule has 0 radical (unpaired) electrons. The minimum atomic E-state index is -0.159. The topological polar surface area (TPSA) is 44.1 Å². The number of benzene rings is 2. The Morgan fingerprint density at radius 3 is 2.46 bits per heavy atom. The Bertz CT molecular complexity index is 874. The fraction of sp³-hybridized carbons (Fsp3) is 0.158. The molecular weight excluding hydrogens is 368 g/mol. The third-order valence-corrected chi connectivity index (χ3v) is 4.32. The van der Waals surface area contributed by atoms with Crippen LogP contribution < -0.4 is 10.3 Å². The van der Waals surface area contributed by atoms with E-state index < -0.39 is 0 Å². The van der Waals surface area contributed by atoms with Gasteiger partial charge in [0.05, 0.1) is 6.54 Å². The van der Waals surface area contributed by atoms with Crippen LogP contribution in [-0.4, -0.2) is 9.55 Å². The third kappa shape index (κ3) is 3.92. The molecule has 0 N–H and O–H groups in total. The van der Waals surface area contributed by atoms with E-state index in [1.165, 1.54) is 11.9 Å². The summed E-state index contributed by atoms with van der Waals surface area (Å²) in [5, 5.41) is 0. The summed E-state index contributed by atoms with van der Waals surface area (Å²) in [6.45, 7) is 2.88. The zero-order chi connectivity index (χ0) is 16.9. The van der Waals surface area contributed by atoms with Crippen molar-refractivity contribution in [3.8, 4) is 5.88 Å². The molecule has 0 aliphatic rings. The van der Waals surface area contributed by atoms with Gasteiger partial charge >= 0.3 is 0 Å². The van der Waals surface area contributed by atoms with E-state index in [-0.39, 0.29) is 5.56 Å². The maximum Gasteiger partial charge on any atom is 0.271 e. The Hall–Kier alpha value is -2.40. The van der Waals surface area contributed by atoms with E-state index in [0.717, 1.165) is 11.1 Å². The van der Waals surface area contributed by atoms with E-state index >= 15 is 0 Å². The van der Waals surface area contributed by atoms with E-state index in [0.29, 0.717) is 23.5 Å². The summed E-state index contributed by atoms with van der Waals surface area (Å²) in [7, 11) is 0. The van der Waals surface area contributed by atoms with Crippen molar-refractivity contribution in [2.75, 3.05) is 0 Å². The number of aryl methyl sites for hydroxylation is 1. The fourth-order valence-electron chi connectivity index (χ4n) is 2.28. The van der Waals surface area contributed by atoms with Crippen molar-refractivity contribution in [3.05, 3.63) is 92.4 Å². The normalized spacial score (nSPS) is 10.6. The van der Waals surface area contributed by atoms with Crippen LogP contribution in [0.15, 0.2) is 70.2 Å². The maximum absolute atomic E-state index is 12.5. The lowest BCUT2D eigenvalue weighted by Gasteiger charge is -2.10. The SMILES string of the molecule is Cc1ccc(Cn2cnc(OCc3ccccc3)c(Br)c2=O)cc1. The third-order valence-electron chi connectivity index (χ3n) is 3.64. The fourth-order valence-corrected chi connectivity index (χ4v) is 2.72. The highest BCUT2D eigenvalue weighted by Crippen LogP contribution is 2.18. The van der Waals surface area contributed by atoms with Crippen LogP contribution in [0.4, 0.5) is 0 Å². The minimum Gasteiger partial charge on any atom is -0.472 e. The van der Waals surface area contributed by atoms with Crippen LogP contribution in [0.5, 0.6) is 5.88 Å². The lowest BCUT2D eigenvalue weighted by molar-refractivity contribution is 0.289. The van der Waals surface area contributed by atoms with Crippen LogP contribution in [0.25, 0.3) is 0 Å². The highest BCUT2D eigenvalue weighted by atomic mass is 79.9. The second-order valence-corrected chi connectivity index (χ2v) is 6.35. The summed E-state index contributed by atoms with van der Waals surface area (Å²) in [5.41, 5.74) is 3.10. The van der Waals surface area contributed by atoms with Crippen LogP contribution in [0.1, 0.15) is 16.7 Å². The average Bonchev–Trinajstić information content (AvgIpc) is 2.61. The van der Waals surface area contributed by atoms with Gasteiger partial charge in [0.15, 0.2) is 0 Å². The number of nitrogens with zero attached hydrogens (tertiary/aromatic N) is 2. The Morgan fingerprint density at radius 1 is 1.04 bits per heavy atom. The molecule has 122 valence electrons. The van der Waals surface area contributed by atoms with Crippen molar-refractivity contribution in [2.45, 2.75) is 20.1 Å². The Balaban J connectivity index is 1.76. The molecule has 4 nitrogen and oxygen atoms in total. The molecule has 0 fully saturated rings. The number of hydrogen-bond donors (Lipinski definition) is 0. The van der Waals surface area contributed by atoms with Crippen molar-refractivity contribution in [3.63, 3.8) is 0 Å². The quantitative estimate of drug-likeness (QED) is 0.668. The van der Waals surface area contributed by atoms with Gasteiger partial charge in [-0.2, -0.15) is 0 Å². The molecule has 3 aromatic rings. The van der Waals surface area contributed by atoms with Gasteiger partial charge < -0.3 is 4.74 Å². The molecule has 0 saturated heterocycles. The first-order valence-electron chi connectivity index (χ1n) is 7.60. The van der Waals surface area contributed by atoms with E-state index in [9.17, 15) is 4.79 Å². The number of halogens is 1. The first kappa shape index (κ1) is 16.5. The smallest absolute Gasteiger partial charge is 0.271 e. The molecule has 0 aliphatic heterocycles. The molecule has 1 aromatic heterocycles. The summed E-state index contributed by atoms with van der Waals surface area (Å²) in [6, 6.07) is 17.8. The predicted octanol–water partition coefficient (Wildman–Crippen LogP) is 3.94. The molecule has 0 unspecified atom stereocenters. The van der Waals surface area contributed by atoms with Gasteiger partial charge in [0.25, 0.3) is 5.56 Å². The Morgan fingerprint density at radius 2 is 1.75 bits per heavy atom. The minimum absolute atomic E-state index is 0.159. The molecule has 3 rings (SSSR count). The summed E-state index contributed by atoms with van der Waals surface area (Å²) in [5.74, 6) is 0.309. The molecule has 0 amide bonds. The molecule has 2 aromatic carbocycles. The predicted molar refractivity (Wildman–Crippen MR) is 97.3 cm³/mol. The number of ether oxygens (including phenoxy) is 1. The summed E-state index contributed by atoms with van der Waals surface area (Å²) < 4.78 is 7.55. The Kier molecular flexibility index (Phi) is 5.11. The number of hydrogen-bond acceptors (Lipinski definition) is 3. The van der Waals surface area contributed by atoms with E-state index in [4.69, 9.17) is 4.74 Å². The molecular formula is C19H17BrN2O2. The van der Waals surface area contributed by atoms with Crippen molar-refractivity contribution in [1.29, 1.82) is 0 Å². The van der Waals surface area contributed by atoms with Crippen molar-refractivity contribution in [2.24, 2.45) is 0 Å². The van der Waals surface area contributed by atoms with Gasteiger partial charge in [-0.1, -0.05) is 60.2 Å². The van der Waals surface area contributed by atoms with Gasteiger partial charge in [-0.25, -0.2) is 4.98 Å². The molecule has 5 heteroatoms. The average molecular weight is 385 g/mol. The van der Waals surface area contributed by atoms with E-state index in [1.807, 2.05) is 61.5 Å². The van der Waals surface area contributed by atoms with Gasteiger partial charge in [0.2, 0.25) is 5.88 Å². The number of rotatable bonds is 5. The highest BCUT2D eigenvalue weighted by molar-refractivity contribution is 9.10. The first-order chi connectivity index (χ1) is 11.6. The van der Waals surface area contributed by atoms with Crippen molar-refractivity contribution >= 4 is 15.9 Å². The monoisotopic (exact) mass is 384 g/mol. The van der Waals surface area contributed by atoms with Crippen LogP contribution in [0.2, 0.25) is 0 Å². The molecule has 1 heterocycles. The van der Waals surface area contributed by atoms with Gasteiger partial charge in [-0.3, -0.25) is 9.36 Å². The molecule has 0 spiro atoms. The molecule has 0 aliphatic carbocycles.